The monoisotopic (exact) mass is 954 g/mol. The van der Waals surface area contributed by atoms with Gasteiger partial charge >= 0.3 is 0 Å². The van der Waals surface area contributed by atoms with Crippen LogP contribution in [0.25, 0.3) is 20.2 Å². The smallest absolute Gasteiger partial charge is 0.253 e. The molecule has 6 aliphatic rings. The van der Waals surface area contributed by atoms with Crippen LogP contribution in [0.15, 0.2) is 91.0 Å². The Morgan fingerprint density at radius 3 is 1.72 bits per heavy atom. The Morgan fingerprint density at radius 2 is 1.06 bits per heavy atom. The summed E-state index contributed by atoms with van der Waals surface area (Å²) in [5.41, 5.74) is 24.2. The molecule has 5 heterocycles. The molecule has 0 spiro atoms. The summed E-state index contributed by atoms with van der Waals surface area (Å²) in [6.45, 7) is 37.0. The van der Waals surface area contributed by atoms with Gasteiger partial charge in [-0.2, -0.15) is 0 Å². The first kappa shape index (κ1) is 45.8. The zero-order valence-electron chi connectivity index (χ0n) is 45.6. The molecule has 4 aliphatic heterocycles. The highest BCUT2D eigenvalue weighted by molar-refractivity contribution is 7.26. The minimum atomic E-state index is -0.101. The second-order valence-electron chi connectivity index (χ2n) is 27.3. The summed E-state index contributed by atoms with van der Waals surface area (Å²) in [5, 5.41) is 2.82. The summed E-state index contributed by atoms with van der Waals surface area (Å²) in [6.07, 6.45) is 9.81. The fourth-order valence-electron chi connectivity index (χ4n) is 15.8. The molecule has 3 nitrogen and oxygen atoms in total. The van der Waals surface area contributed by atoms with Crippen molar-refractivity contribution in [1.82, 2.24) is 0 Å². The van der Waals surface area contributed by atoms with Gasteiger partial charge in [-0.3, -0.25) is 0 Å². The molecule has 0 radical (unpaired) electrons. The van der Waals surface area contributed by atoms with Gasteiger partial charge in [0.1, 0.15) is 0 Å². The Hall–Kier alpha value is -5.00. The first-order valence-corrected chi connectivity index (χ1v) is 28.2. The van der Waals surface area contributed by atoms with Gasteiger partial charge in [-0.1, -0.05) is 156 Å². The van der Waals surface area contributed by atoms with E-state index < -0.39 is 0 Å². The van der Waals surface area contributed by atoms with E-state index in [9.17, 15) is 0 Å². The topological polar surface area (TPSA) is 9.72 Å². The third-order valence-corrected chi connectivity index (χ3v) is 21.3. The third kappa shape index (κ3) is 5.85. The Kier molecular flexibility index (Phi) is 9.29. The Balaban J connectivity index is 1.21. The predicted molar refractivity (Wildman–Crippen MR) is 310 cm³/mol. The van der Waals surface area contributed by atoms with Crippen molar-refractivity contribution in [3.8, 4) is 0 Å². The van der Waals surface area contributed by atoms with Crippen LogP contribution in [-0.2, 0) is 27.1 Å². The number of hydrogen-bond acceptors (Lipinski definition) is 4. The van der Waals surface area contributed by atoms with Gasteiger partial charge in [-0.15, -0.1) is 11.3 Å². The van der Waals surface area contributed by atoms with E-state index in [-0.39, 0.29) is 44.9 Å². The van der Waals surface area contributed by atoms with Gasteiger partial charge < -0.3 is 14.7 Å². The van der Waals surface area contributed by atoms with Crippen molar-refractivity contribution in [2.75, 3.05) is 14.7 Å². The minimum absolute atomic E-state index is 0.00986. The van der Waals surface area contributed by atoms with E-state index in [1.807, 2.05) is 11.3 Å². The maximum Gasteiger partial charge on any atom is 0.253 e. The molecule has 13 rings (SSSR count). The van der Waals surface area contributed by atoms with E-state index in [0.717, 1.165) is 0 Å². The molecule has 1 aromatic heterocycles. The highest BCUT2D eigenvalue weighted by Crippen LogP contribution is 2.65. The highest BCUT2D eigenvalue weighted by atomic mass is 32.1. The fraction of sp³-hybridized carbons (Fsp3) is 0.455. The van der Waals surface area contributed by atoms with Crippen molar-refractivity contribution < 1.29 is 0 Å². The summed E-state index contributed by atoms with van der Waals surface area (Å²) in [5.74, 6) is 0. The van der Waals surface area contributed by atoms with Crippen LogP contribution in [0.4, 0.5) is 39.8 Å². The standard InChI is InChI=1S/C66H76BN3S/c1-39-32-42(61(6,7)8)33-40(2)58(39)68-50-26-27-54-55(45-22-16-17-23-53(45)71-54)57(50)67-48-36-43(62(9,10)11)35-47-59(48)70(66(15)31-21-19-29-64(47,66)13)52-38-44(37-51(68)56(52)67)69-49-25-24-41(60(3,4)5)34-46(49)63(12)28-18-20-30-65(63,69)14/h16-17,22-27,32-38H,18-21,28-31H2,1-15H3. The minimum Gasteiger partial charge on any atom is -0.335 e. The lowest BCUT2D eigenvalue weighted by Gasteiger charge is -2.54. The fourth-order valence-corrected chi connectivity index (χ4v) is 16.9. The molecule has 364 valence electrons. The summed E-state index contributed by atoms with van der Waals surface area (Å²) in [7, 11) is 0. The van der Waals surface area contributed by atoms with Crippen molar-refractivity contribution in [1.29, 1.82) is 0 Å². The maximum absolute atomic E-state index is 2.99. The number of benzene rings is 6. The summed E-state index contributed by atoms with van der Waals surface area (Å²) in [6, 6.07) is 37.7. The van der Waals surface area contributed by atoms with Crippen molar-refractivity contribution in [2.24, 2.45) is 0 Å². The number of thiophene rings is 1. The molecule has 0 saturated heterocycles. The van der Waals surface area contributed by atoms with E-state index in [2.05, 4.69) is 210 Å². The van der Waals surface area contributed by atoms with Crippen LogP contribution in [0.5, 0.6) is 0 Å². The van der Waals surface area contributed by atoms with Gasteiger partial charge in [0.15, 0.2) is 0 Å². The van der Waals surface area contributed by atoms with E-state index in [1.54, 1.807) is 11.1 Å². The Bertz CT molecular complexity index is 3440. The lowest BCUT2D eigenvalue weighted by molar-refractivity contribution is 0.194. The van der Waals surface area contributed by atoms with Gasteiger partial charge in [-0.25, -0.2) is 0 Å². The van der Waals surface area contributed by atoms with E-state index in [4.69, 9.17) is 0 Å². The van der Waals surface area contributed by atoms with Crippen molar-refractivity contribution in [3.05, 3.63) is 130 Å². The van der Waals surface area contributed by atoms with E-state index in [0.29, 0.717) is 0 Å². The second kappa shape index (κ2) is 14.4. The number of hydrogen-bond donors (Lipinski definition) is 0. The molecule has 0 amide bonds. The first-order valence-electron chi connectivity index (χ1n) is 27.4. The molecule has 6 aromatic carbocycles. The SMILES string of the molecule is Cc1cc(C(C)(C)C)cc(C)c1N1c2cc(N3c4ccc(C(C)(C)C)cc4C4(C)CCCCC34C)cc3c2B(c2cc(C(C)(C)C)cc4c2N3C2(C)CCCCC42C)c2c1ccc1sc3ccccc3c21. The summed E-state index contributed by atoms with van der Waals surface area (Å²) < 4.78 is 2.75. The lowest BCUT2D eigenvalue weighted by Crippen LogP contribution is -2.65. The Morgan fingerprint density at radius 1 is 0.493 bits per heavy atom. The van der Waals surface area contributed by atoms with Crippen molar-refractivity contribution >= 4 is 94.4 Å². The molecule has 4 unspecified atom stereocenters. The molecule has 71 heavy (non-hydrogen) atoms. The van der Waals surface area contributed by atoms with Gasteiger partial charge in [0.05, 0.1) is 16.8 Å². The molecular weight excluding hydrogens is 878 g/mol. The van der Waals surface area contributed by atoms with Crippen LogP contribution in [0.3, 0.4) is 0 Å². The van der Waals surface area contributed by atoms with Gasteiger partial charge in [0, 0.05) is 54.4 Å². The Labute approximate surface area is 430 Å². The van der Waals surface area contributed by atoms with Crippen molar-refractivity contribution in [3.63, 3.8) is 0 Å². The molecule has 7 aromatic rings. The summed E-state index contributed by atoms with van der Waals surface area (Å²) in [4.78, 5) is 8.67. The zero-order valence-corrected chi connectivity index (χ0v) is 46.5. The third-order valence-electron chi connectivity index (χ3n) is 20.2. The average Bonchev–Trinajstić information content (AvgIpc) is 3.86. The molecule has 4 atom stereocenters. The molecule has 0 N–H and O–H groups in total. The van der Waals surface area contributed by atoms with Crippen LogP contribution in [0, 0.1) is 13.8 Å². The van der Waals surface area contributed by atoms with Gasteiger partial charge in [0.25, 0.3) is 6.71 Å². The van der Waals surface area contributed by atoms with E-state index >= 15 is 0 Å². The van der Waals surface area contributed by atoms with Gasteiger partial charge in [0.2, 0.25) is 0 Å². The van der Waals surface area contributed by atoms with E-state index in [1.165, 1.54) is 156 Å². The zero-order chi connectivity index (χ0) is 49.9. The quantitative estimate of drug-likeness (QED) is 0.160. The highest BCUT2D eigenvalue weighted by Gasteiger charge is 2.63. The second-order valence-corrected chi connectivity index (χ2v) is 28.4. The number of fused-ring (bicyclic) bond motifs is 14. The number of rotatable bonds is 2. The van der Waals surface area contributed by atoms with Gasteiger partial charge in [-0.05, 0) is 172 Å². The molecule has 2 fully saturated rings. The molecular formula is C66H76BN3S. The number of aryl methyl sites for hydroxylation is 2. The van der Waals surface area contributed by atoms with Crippen LogP contribution in [0.1, 0.15) is 180 Å². The van der Waals surface area contributed by atoms with Crippen molar-refractivity contribution in [2.45, 2.75) is 193 Å². The number of anilines is 7. The average molecular weight is 954 g/mol. The predicted octanol–water partition coefficient (Wildman–Crippen LogP) is 16.7. The van der Waals surface area contributed by atoms with Crippen LogP contribution in [0.2, 0.25) is 0 Å². The number of nitrogens with zero attached hydrogens (tertiary/aromatic N) is 3. The molecule has 2 aliphatic carbocycles. The maximum atomic E-state index is 2.99. The summed E-state index contributed by atoms with van der Waals surface area (Å²) >= 11 is 1.97. The first-order chi connectivity index (χ1) is 33.4. The van der Waals surface area contributed by atoms with Crippen LogP contribution in [-0.4, -0.2) is 17.8 Å². The largest absolute Gasteiger partial charge is 0.335 e. The normalized spacial score (nSPS) is 25.3. The van der Waals surface area contributed by atoms with Crippen LogP contribution >= 0.6 is 11.3 Å². The van der Waals surface area contributed by atoms with Crippen LogP contribution < -0.4 is 31.1 Å². The lowest BCUT2D eigenvalue weighted by atomic mass is 9.32. The molecule has 0 bridgehead atoms. The molecule has 2 saturated carbocycles. The molecule has 5 heteroatoms.